The highest BCUT2D eigenvalue weighted by Gasteiger charge is 2.20. The second-order valence-electron chi connectivity index (χ2n) is 5.16. The topological polar surface area (TPSA) is 61.2 Å². The summed E-state index contributed by atoms with van der Waals surface area (Å²) < 4.78 is 12.7. The van der Waals surface area contributed by atoms with Crippen molar-refractivity contribution in [3.05, 3.63) is 11.9 Å². The van der Waals surface area contributed by atoms with Crippen LogP contribution in [0.25, 0.3) is 0 Å². The van der Waals surface area contributed by atoms with Crippen LogP contribution in [0.5, 0.6) is 0 Å². The van der Waals surface area contributed by atoms with Gasteiger partial charge in [0.2, 0.25) is 0 Å². The molecule has 108 valence electrons. The molecule has 0 atom stereocenters. The van der Waals surface area contributed by atoms with E-state index in [0.29, 0.717) is 25.9 Å². The van der Waals surface area contributed by atoms with Crippen LogP contribution in [-0.2, 0) is 22.6 Å². The minimum Gasteiger partial charge on any atom is -0.377 e. The first-order valence-corrected chi connectivity index (χ1v) is 7.06. The van der Waals surface area contributed by atoms with Crippen molar-refractivity contribution in [1.82, 2.24) is 20.3 Å². The molecule has 1 aromatic heterocycles. The predicted octanol–water partition coefficient (Wildman–Crippen LogP) is 0.972. The zero-order valence-electron chi connectivity index (χ0n) is 11.8. The highest BCUT2D eigenvalue weighted by molar-refractivity contribution is 4.94. The van der Waals surface area contributed by atoms with Crippen molar-refractivity contribution in [3.63, 3.8) is 0 Å². The summed E-state index contributed by atoms with van der Waals surface area (Å²) in [4.78, 5) is 0. The molecule has 1 fully saturated rings. The van der Waals surface area contributed by atoms with E-state index in [1.54, 1.807) is 0 Å². The Morgan fingerprint density at radius 3 is 2.95 bits per heavy atom. The maximum atomic E-state index is 5.48. The molecule has 19 heavy (non-hydrogen) atoms. The van der Waals surface area contributed by atoms with Crippen LogP contribution in [-0.4, -0.2) is 47.0 Å². The minimum atomic E-state index is 0.264. The van der Waals surface area contributed by atoms with E-state index in [2.05, 4.69) is 15.6 Å². The summed E-state index contributed by atoms with van der Waals surface area (Å²) in [5, 5.41) is 11.6. The van der Waals surface area contributed by atoms with Gasteiger partial charge in [0.25, 0.3) is 0 Å². The molecule has 2 rings (SSSR count). The van der Waals surface area contributed by atoms with E-state index in [1.807, 2.05) is 24.7 Å². The summed E-state index contributed by atoms with van der Waals surface area (Å²) in [7, 11) is 0. The Labute approximate surface area is 114 Å². The first kappa shape index (κ1) is 14.4. The smallest absolute Gasteiger partial charge is 0.0964 e. The van der Waals surface area contributed by atoms with Crippen molar-refractivity contribution in [2.24, 2.45) is 0 Å². The van der Waals surface area contributed by atoms with Gasteiger partial charge in [0, 0.05) is 18.8 Å². The molecule has 0 amide bonds. The Bertz CT molecular complexity index is 363. The largest absolute Gasteiger partial charge is 0.377 e. The molecule has 1 aliphatic carbocycles. The molecule has 6 heteroatoms. The van der Waals surface area contributed by atoms with Gasteiger partial charge >= 0.3 is 0 Å². The summed E-state index contributed by atoms with van der Waals surface area (Å²) in [6.45, 7) is 7.50. The monoisotopic (exact) mass is 268 g/mol. The molecule has 0 aliphatic heterocycles. The van der Waals surface area contributed by atoms with Crippen molar-refractivity contribution < 1.29 is 9.47 Å². The zero-order chi connectivity index (χ0) is 13.5. The molecule has 1 aromatic rings. The van der Waals surface area contributed by atoms with Crippen LogP contribution in [0.4, 0.5) is 0 Å². The molecule has 0 bridgehead atoms. The van der Waals surface area contributed by atoms with Crippen LogP contribution in [0.1, 0.15) is 32.4 Å². The van der Waals surface area contributed by atoms with Crippen molar-refractivity contribution >= 4 is 0 Å². The molecule has 1 heterocycles. The van der Waals surface area contributed by atoms with Gasteiger partial charge < -0.3 is 14.8 Å². The van der Waals surface area contributed by atoms with Gasteiger partial charge in [-0.25, -0.2) is 4.68 Å². The van der Waals surface area contributed by atoms with E-state index >= 15 is 0 Å². The summed E-state index contributed by atoms with van der Waals surface area (Å²) in [5.74, 6) is 0. The van der Waals surface area contributed by atoms with E-state index in [9.17, 15) is 0 Å². The van der Waals surface area contributed by atoms with Crippen molar-refractivity contribution in [3.8, 4) is 0 Å². The number of aromatic nitrogens is 3. The van der Waals surface area contributed by atoms with Gasteiger partial charge in [-0.1, -0.05) is 5.21 Å². The Morgan fingerprint density at radius 2 is 2.21 bits per heavy atom. The fraction of sp³-hybridized carbons (Fsp3) is 0.846. The van der Waals surface area contributed by atoms with Crippen LogP contribution >= 0.6 is 0 Å². The summed E-state index contributed by atoms with van der Waals surface area (Å²) in [5.41, 5.74) is 0.995. The molecule has 0 unspecified atom stereocenters. The van der Waals surface area contributed by atoms with Crippen LogP contribution in [0, 0.1) is 0 Å². The second kappa shape index (κ2) is 7.57. The highest BCUT2D eigenvalue weighted by atomic mass is 16.5. The second-order valence-corrected chi connectivity index (χ2v) is 5.16. The van der Waals surface area contributed by atoms with Crippen LogP contribution < -0.4 is 5.32 Å². The Morgan fingerprint density at radius 1 is 1.37 bits per heavy atom. The third-order valence-electron chi connectivity index (χ3n) is 2.88. The number of nitrogens with one attached hydrogen (secondary N) is 1. The predicted molar refractivity (Wildman–Crippen MR) is 71.8 cm³/mol. The molecule has 0 radical (unpaired) electrons. The normalized spacial score (nSPS) is 15.3. The lowest BCUT2D eigenvalue weighted by Crippen LogP contribution is -2.15. The van der Waals surface area contributed by atoms with E-state index in [1.165, 1.54) is 12.8 Å². The third kappa shape index (κ3) is 6.13. The lowest BCUT2D eigenvalue weighted by molar-refractivity contribution is 0.0170. The van der Waals surface area contributed by atoms with Gasteiger partial charge in [-0.15, -0.1) is 5.10 Å². The van der Waals surface area contributed by atoms with Crippen molar-refractivity contribution in [1.29, 1.82) is 0 Å². The molecule has 1 aliphatic rings. The van der Waals surface area contributed by atoms with Crippen molar-refractivity contribution in [2.75, 3.05) is 19.8 Å². The number of ether oxygens (including phenoxy) is 2. The molecule has 6 nitrogen and oxygen atoms in total. The van der Waals surface area contributed by atoms with Crippen LogP contribution in [0.2, 0.25) is 0 Å². The van der Waals surface area contributed by atoms with E-state index in [4.69, 9.17) is 9.47 Å². The molecule has 1 N–H and O–H groups in total. The fourth-order valence-electron chi connectivity index (χ4n) is 1.67. The molecule has 0 aromatic carbocycles. The van der Waals surface area contributed by atoms with Crippen LogP contribution in [0.3, 0.4) is 0 Å². The van der Waals surface area contributed by atoms with E-state index in [0.717, 1.165) is 18.8 Å². The number of hydrogen-bond acceptors (Lipinski definition) is 5. The molecule has 0 saturated heterocycles. The quantitative estimate of drug-likeness (QED) is 0.641. The van der Waals surface area contributed by atoms with Gasteiger partial charge in [0.15, 0.2) is 0 Å². The van der Waals surface area contributed by atoms with Gasteiger partial charge in [0.1, 0.15) is 0 Å². The molecule has 0 spiro atoms. The Kier molecular flexibility index (Phi) is 5.75. The lowest BCUT2D eigenvalue weighted by atomic mass is 10.4. The van der Waals surface area contributed by atoms with Crippen molar-refractivity contribution in [2.45, 2.75) is 51.9 Å². The van der Waals surface area contributed by atoms with Gasteiger partial charge in [0.05, 0.1) is 38.2 Å². The molecular formula is C13H24N4O2. The first-order chi connectivity index (χ1) is 9.24. The number of rotatable bonds is 10. The Hall–Kier alpha value is -0.980. The van der Waals surface area contributed by atoms with E-state index in [-0.39, 0.29) is 6.10 Å². The van der Waals surface area contributed by atoms with E-state index < -0.39 is 0 Å². The average Bonchev–Trinajstić information content (AvgIpc) is 3.10. The number of hydrogen-bond donors (Lipinski definition) is 1. The average molecular weight is 268 g/mol. The Balaban J connectivity index is 1.52. The summed E-state index contributed by atoms with van der Waals surface area (Å²) in [6, 6.07) is 0.703. The first-order valence-electron chi connectivity index (χ1n) is 7.06. The maximum Gasteiger partial charge on any atom is 0.0964 e. The third-order valence-corrected chi connectivity index (χ3v) is 2.88. The van der Waals surface area contributed by atoms with Gasteiger partial charge in [-0.3, -0.25) is 0 Å². The van der Waals surface area contributed by atoms with Gasteiger partial charge in [-0.2, -0.15) is 0 Å². The summed E-state index contributed by atoms with van der Waals surface area (Å²) >= 11 is 0. The SMILES string of the molecule is CC(C)OCCOCCn1cc(CNC2CC2)nn1. The van der Waals surface area contributed by atoms with Gasteiger partial charge in [-0.05, 0) is 26.7 Å². The lowest BCUT2D eigenvalue weighted by Gasteiger charge is -2.07. The standard InChI is InChI=1S/C13H24N4O2/c1-11(2)19-8-7-18-6-5-17-10-13(15-16-17)9-14-12-3-4-12/h10-12,14H,3-9H2,1-2H3. The molecular weight excluding hydrogens is 244 g/mol. The molecule has 1 saturated carbocycles. The maximum absolute atomic E-state index is 5.48. The number of nitrogens with zero attached hydrogens (tertiary/aromatic N) is 3. The zero-order valence-corrected chi connectivity index (χ0v) is 11.8. The minimum absolute atomic E-state index is 0.264. The highest BCUT2D eigenvalue weighted by Crippen LogP contribution is 2.18. The van der Waals surface area contributed by atoms with Crippen LogP contribution in [0.15, 0.2) is 6.20 Å². The fourth-order valence-corrected chi connectivity index (χ4v) is 1.67. The summed E-state index contributed by atoms with van der Waals surface area (Å²) in [6.07, 6.45) is 4.82.